The molecule has 1 atom stereocenters. The molecule has 0 radical (unpaired) electrons. The first-order chi connectivity index (χ1) is 7.90. The molecule has 16 heavy (non-hydrogen) atoms. The lowest BCUT2D eigenvalue weighted by Gasteiger charge is -2.30. The summed E-state index contributed by atoms with van der Waals surface area (Å²) in [6.07, 6.45) is 8.30. The Balaban J connectivity index is 1.94. The van der Waals surface area contributed by atoms with E-state index in [-0.39, 0.29) is 0 Å². The average Bonchev–Trinajstić information content (AvgIpc) is 2.38. The summed E-state index contributed by atoms with van der Waals surface area (Å²) in [5, 5.41) is 11.3. The van der Waals surface area contributed by atoms with Gasteiger partial charge in [0, 0.05) is 18.8 Å². The third-order valence-corrected chi connectivity index (χ3v) is 3.38. The molecule has 88 valence electrons. The largest absolute Gasteiger partial charge is 0.364 e. The van der Waals surface area contributed by atoms with Crippen molar-refractivity contribution in [2.24, 2.45) is 11.7 Å². The average molecular weight is 220 g/mol. The Hall–Kier alpha value is -1.16. The molecule has 1 aliphatic rings. The molecule has 1 aromatic heterocycles. The molecule has 0 saturated heterocycles. The van der Waals surface area contributed by atoms with Gasteiger partial charge in [-0.3, -0.25) is 0 Å². The Morgan fingerprint density at radius 2 is 2.19 bits per heavy atom. The van der Waals surface area contributed by atoms with Crippen LogP contribution in [0.4, 0.5) is 5.82 Å². The van der Waals surface area contributed by atoms with Gasteiger partial charge in [-0.25, -0.2) is 0 Å². The Bertz CT molecular complexity index is 295. The lowest BCUT2D eigenvalue weighted by molar-refractivity contribution is 0.320. The Kier molecular flexibility index (Phi) is 4.10. The minimum atomic E-state index is 0.344. The van der Waals surface area contributed by atoms with Gasteiger partial charge in [0.1, 0.15) is 5.82 Å². The van der Waals surface area contributed by atoms with Gasteiger partial charge in [0.05, 0.1) is 0 Å². The van der Waals surface area contributed by atoms with E-state index >= 15 is 0 Å². The fourth-order valence-corrected chi connectivity index (χ4v) is 2.47. The fraction of sp³-hybridized carbons (Fsp3) is 0.667. The van der Waals surface area contributed by atoms with E-state index in [9.17, 15) is 0 Å². The number of nitrogens with two attached hydrogens (primary N) is 1. The molecule has 0 aliphatic heterocycles. The number of hydrogen-bond donors (Lipinski definition) is 2. The van der Waals surface area contributed by atoms with Gasteiger partial charge >= 0.3 is 0 Å². The number of nitrogens with zero attached hydrogens (tertiary/aromatic N) is 2. The SMILES string of the molecule is NCC(Nc1cccnn1)C1CCCCC1. The van der Waals surface area contributed by atoms with Crippen LogP contribution in [0.2, 0.25) is 0 Å². The van der Waals surface area contributed by atoms with Gasteiger partial charge in [-0.1, -0.05) is 19.3 Å². The van der Waals surface area contributed by atoms with E-state index in [0.29, 0.717) is 18.5 Å². The molecule has 1 fully saturated rings. The number of hydrogen-bond acceptors (Lipinski definition) is 4. The molecule has 0 aromatic carbocycles. The van der Waals surface area contributed by atoms with E-state index < -0.39 is 0 Å². The summed E-state index contributed by atoms with van der Waals surface area (Å²) in [6, 6.07) is 4.18. The lowest BCUT2D eigenvalue weighted by Crippen LogP contribution is -2.37. The van der Waals surface area contributed by atoms with Crippen LogP contribution >= 0.6 is 0 Å². The summed E-state index contributed by atoms with van der Waals surface area (Å²) >= 11 is 0. The van der Waals surface area contributed by atoms with E-state index in [4.69, 9.17) is 5.73 Å². The van der Waals surface area contributed by atoms with Crippen LogP contribution < -0.4 is 11.1 Å². The molecule has 4 nitrogen and oxygen atoms in total. The summed E-state index contributed by atoms with van der Waals surface area (Å²) in [6.45, 7) is 0.668. The standard InChI is InChI=1S/C12H20N4/c13-9-11(10-5-2-1-3-6-10)15-12-7-4-8-14-16-12/h4,7-8,10-11H,1-3,5-6,9,13H2,(H,15,16). The molecule has 1 aliphatic carbocycles. The van der Waals surface area contributed by atoms with Crippen molar-refractivity contribution in [3.05, 3.63) is 18.3 Å². The smallest absolute Gasteiger partial charge is 0.148 e. The van der Waals surface area contributed by atoms with Crippen molar-refractivity contribution in [3.8, 4) is 0 Å². The first-order valence-corrected chi connectivity index (χ1v) is 6.14. The van der Waals surface area contributed by atoms with Crippen molar-refractivity contribution in [1.29, 1.82) is 0 Å². The van der Waals surface area contributed by atoms with E-state index in [1.165, 1.54) is 32.1 Å². The predicted molar refractivity (Wildman–Crippen MR) is 65.1 cm³/mol. The van der Waals surface area contributed by atoms with Crippen molar-refractivity contribution in [3.63, 3.8) is 0 Å². The Morgan fingerprint density at radius 1 is 1.38 bits per heavy atom. The van der Waals surface area contributed by atoms with Crippen molar-refractivity contribution in [2.75, 3.05) is 11.9 Å². The zero-order chi connectivity index (χ0) is 11.2. The van der Waals surface area contributed by atoms with Gasteiger partial charge in [-0.2, -0.15) is 5.10 Å². The summed E-state index contributed by atoms with van der Waals surface area (Å²) < 4.78 is 0. The third-order valence-electron chi connectivity index (χ3n) is 3.38. The zero-order valence-electron chi connectivity index (χ0n) is 9.60. The molecular formula is C12H20N4. The second kappa shape index (κ2) is 5.80. The maximum absolute atomic E-state index is 5.84. The van der Waals surface area contributed by atoms with Gasteiger partial charge in [-0.05, 0) is 30.9 Å². The van der Waals surface area contributed by atoms with Gasteiger partial charge < -0.3 is 11.1 Å². The molecule has 1 heterocycles. The number of anilines is 1. The van der Waals surface area contributed by atoms with Crippen LogP contribution in [0.25, 0.3) is 0 Å². The molecule has 1 unspecified atom stereocenters. The maximum Gasteiger partial charge on any atom is 0.148 e. The second-order valence-corrected chi connectivity index (χ2v) is 4.49. The molecule has 0 spiro atoms. The fourth-order valence-electron chi connectivity index (χ4n) is 2.47. The molecule has 0 amide bonds. The molecule has 4 heteroatoms. The summed E-state index contributed by atoms with van der Waals surface area (Å²) in [5.41, 5.74) is 5.84. The van der Waals surface area contributed by atoms with Gasteiger partial charge in [0.15, 0.2) is 0 Å². The highest BCUT2D eigenvalue weighted by molar-refractivity contribution is 5.33. The zero-order valence-corrected chi connectivity index (χ0v) is 9.60. The number of rotatable bonds is 4. The van der Waals surface area contributed by atoms with Crippen LogP contribution in [0.5, 0.6) is 0 Å². The van der Waals surface area contributed by atoms with Crippen LogP contribution in [-0.2, 0) is 0 Å². The van der Waals surface area contributed by atoms with Crippen LogP contribution in [-0.4, -0.2) is 22.8 Å². The minimum absolute atomic E-state index is 0.344. The van der Waals surface area contributed by atoms with Crippen LogP contribution in [0.1, 0.15) is 32.1 Å². The van der Waals surface area contributed by atoms with Gasteiger partial charge in [0.25, 0.3) is 0 Å². The van der Waals surface area contributed by atoms with Gasteiger partial charge in [0.2, 0.25) is 0 Å². The summed E-state index contributed by atoms with van der Waals surface area (Å²) in [5.74, 6) is 1.53. The van der Waals surface area contributed by atoms with E-state index in [1.54, 1.807) is 6.20 Å². The highest BCUT2D eigenvalue weighted by Crippen LogP contribution is 2.27. The maximum atomic E-state index is 5.84. The van der Waals surface area contributed by atoms with Crippen LogP contribution in [0.3, 0.4) is 0 Å². The van der Waals surface area contributed by atoms with Crippen molar-refractivity contribution < 1.29 is 0 Å². The second-order valence-electron chi connectivity index (χ2n) is 4.49. The molecule has 3 N–H and O–H groups in total. The third kappa shape index (κ3) is 2.92. The predicted octanol–water partition coefficient (Wildman–Crippen LogP) is 1.80. The van der Waals surface area contributed by atoms with E-state index in [0.717, 1.165) is 5.82 Å². The summed E-state index contributed by atoms with van der Waals surface area (Å²) in [7, 11) is 0. The topological polar surface area (TPSA) is 63.8 Å². The molecule has 1 saturated carbocycles. The Morgan fingerprint density at radius 3 is 2.81 bits per heavy atom. The minimum Gasteiger partial charge on any atom is -0.364 e. The van der Waals surface area contributed by atoms with Crippen LogP contribution in [0, 0.1) is 5.92 Å². The quantitative estimate of drug-likeness (QED) is 0.812. The highest BCUT2D eigenvalue weighted by Gasteiger charge is 2.22. The molecular weight excluding hydrogens is 200 g/mol. The Labute approximate surface area is 96.6 Å². The molecule has 2 rings (SSSR count). The van der Waals surface area contributed by atoms with E-state index in [1.807, 2.05) is 12.1 Å². The van der Waals surface area contributed by atoms with E-state index in [2.05, 4.69) is 15.5 Å². The van der Waals surface area contributed by atoms with Crippen molar-refractivity contribution >= 4 is 5.82 Å². The van der Waals surface area contributed by atoms with Gasteiger partial charge in [-0.15, -0.1) is 5.10 Å². The molecule has 0 bridgehead atoms. The highest BCUT2D eigenvalue weighted by atomic mass is 15.2. The lowest BCUT2D eigenvalue weighted by atomic mass is 9.84. The first kappa shape index (κ1) is 11.3. The number of nitrogens with one attached hydrogen (secondary N) is 1. The monoisotopic (exact) mass is 220 g/mol. The van der Waals surface area contributed by atoms with Crippen molar-refractivity contribution in [2.45, 2.75) is 38.1 Å². The summed E-state index contributed by atoms with van der Waals surface area (Å²) in [4.78, 5) is 0. The van der Waals surface area contributed by atoms with Crippen LogP contribution in [0.15, 0.2) is 18.3 Å². The first-order valence-electron chi connectivity index (χ1n) is 6.14. The number of aromatic nitrogens is 2. The molecule has 1 aromatic rings. The normalized spacial score (nSPS) is 19.3. The van der Waals surface area contributed by atoms with Crippen molar-refractivity contribution in [1.82, 2.24) is 10.2 Å².